The Morgan fingerprint density at radius 2 is 1.88 bits per heavy atom. The van der Waals surface area contributed by atoms with Gasteiger partial charge in [-0.15, -0.1) is 12.4 Å². The number of hydrogen-bond acceptors (Lipinski definition) is 5. The Kier molecular flexibility index (Phi) is 10.2. The predicted octanol–water partition coefficient (Wildman–Crippen LogP) is 0.578. The molecule has 134 valence electrons. The topological polar surface area (TPSA) is 108 Å². The summed E-state index contributed by atoms with van der Waals surface area (Å²) in [5, 5.41) is 13.5. The van der Waals surface area contributed by atoms with Gasteiger partial charge in [0.25, 0.3) is 0 Å². The van der Waals surface area contributed by atoms with Gasteiger partial charge in [-0.25, -0.2) is 0 Å². The van der Waals surface area contributed by atoms with Crippen molar-refractivity contribution in [3.63, 3.8) is 0 Å². The number of hydrogen-bond donors (Lipinski definition) is 3. The summed E-state index contributed by atoms with van der Waals surface area (Å²) in [6, 6.07) is 6.94. The van der Waals surface area contributed by atoms with Crippen molar-refractivity contribution >= 4 is 35.9 Å². The lowest BCUT2D eigenvalue weighted by Crippen LogP contribution is -2.42. The molecular formula is C15H22ClN3O5. The summed E-state index contributed by atoms with van der Waals surface area (Å²) in [7, 11) is 1.54. The maximum atomic E-state index is 12.0. The number of anilines is 1. The minimum absolute atomic E-state index is 0. The van der Waals surface area contributed by atoms with Crippen LogP contribution in [0.3, 0.4) is 0 Å². The number of nitrogens with one attached hydrogen (secondary N) is 2. The van der Waals surface area contributed by atoms with Crippen LogP contribution in [0.25, 0.3) is 0 Å². The molecule has 1 aromatic rings. The molecule has 0 atom stereocenters. The molecule has 0 saturated heterocycles. The number of halogens is 1. The summed E-state index contributed by atoms with van der Waals surface area (Å²) in [6.45, 7) is 1.82. The van der Waals surface area contributed by atoms with E-state index in [9.17, 15) is 14.4 Å². The second kappa shape index (κ2) is 11.3. The highest BCUT2D eigenvalue weighted by Crippen LogP contribution is 2.16. The van der Waals surface area contributed by atoms with Crippen LogP contribution in [0.4, 0.5) is 5.69 Å². The molecule has 0 radical (unpaired) electrons. The van der Waals surface area contributed by atoms with Gasteiger partial charge in [0.1, 0.15) is 12.3 Å². The number of methoxy groups -OCH3 is 1. The summed E-state index contributed by atoms with van der Waals surface area (Å²) in [5.41, 5.74) is 0.598. The number of carbonyl (C=O) groups is 3. The third kappa shape index (κ3) is 8.35. The van der Waals surface area contributed by atoms with E-state index < -0.39 is 18.4 Å². The number of rotatable bonds is 9. The Hall–Kier alpha value is -2.32. The van der Waals surface area contributed by atoms with Gasteiger partial charge in [0.15, 0.2) is 0 Å². The molecule has 3 N–H and O–H groups in total. The van der Waals surface area contributed by atoms with Crippen LogP contribution in [0, 0.1) is 0 Å². The molecular weight excluding hydrogens is 338 g/mol. The molecule has 9 heteroatoms. The highest BCUT2D eigenvalue weighted by Gasteiger charge is 2.14. The van der Waals surface area contributed by atoms with Gasteiger partial charge in [-0.05, 0) is 18.7 Å². The third-order valence-corrected chi connectivity index (χ3v) is 2.97. The SMILES string of the molecule is CCN(CC(=O)NCC(=O)O)CC(=O)Nc1cccc(OC)c1.Cl. The van der Waals surface area contributed by atoms with Gasteiger partial charge in [0, 0.05) is 11.8 Å². The molecule has 0 heterocycles. The average molecular weight is 360 g/mol. The highest BCUT2D eigenvalue weighted by molar-refractivity contribution is 5.93. The summed E-state index contributed by atoms with van der Waals surface area (Å²) in [5.74, 6) is -1.20. The molecule has 24 heavy (non-hydrogen) atoms. The molecule has 0 aliphatic rings. The molecule has 0 bridgehead atoms. The molecule has 0 aliphatic carbocycles. The fraction of sp³-hybridized carbons (Fsp3) is 0.400. The number of amides is 2. The second-order valence-electron chi connectivity index (χ2n) is 4.75. The average Bonchev–Trinajstić information content (AvgIpc) is 2.52. The maximum Gasteiger partial charge on any atom is 0.322 e. The molecule has 0 aliphatic heterocycles. The van der Waals surface area contributed by atoms with Gasteiger partial charge in [-0.1, -0.05) is 13.0 Å². The van der Waals surface area contributed by atoms with Crippen molar-refractivity contribution in [3.05, 3.63) is 24.3 Å². The first kappa shape index (κ1) is 21.7. The van der Waals surface area contributed by atoms with Crippen LogP contribution in [-0.4, -0.2) is 61.1 Å². The van der Waals surface area contributed by atoms with Crippen molar-refractivity contribution in [2.75, 3.05) is 38.6 Å². The van der Waals surface area contributed by atoms with E-state index in [2.05, 4.69) is 10.6 Å². The van der Waals surface area contributed by atoms with E-state index in [1.165, 1.54) is 7.11 Å². The van der Waals surface area contributed by atoms with Gasteiger partial charge in [0.05, 0.1) is 20.2 Å². The summed E-state index contributed by atoms with van der Waals surface area (Å²) in [6.07, 6.45) is 0. The zero-order valence-electron chi connectivity index (χ0n) is 13.6. The van der Waals surface area contributed by atoms with Gasteiger partial charge >= 0.3 is 5.97 Å². The fourth-order valence-corrected chi connectivity index (χ4v) is 1.82. The van der Waals surface area contributed by atoms with Crippen molar-refractivity contribution < 1.29 is 24.2 Å². The standard InChI is InChI=1S/C15H21N3O5.ClH/c1-3-18(9-13(19)16-8-15(21)22)10-14(20)17-11-5-4-6-12(7-11)23-2;/h4-7H,3,8-10H2,1-2H3,(H,16,19)(H,17,20)(H,21,22);1H. The normalized spacial score (nSPS) is 9.79. The van der Waals surface area contributed by atoms with E-state index in [1.807, 2.05) is 6.92 Å². The fourth-order valence-electron chi connectivity index (χ4n) is 1.82. The van der Waals surface area contributed by atoms with Crippen molar-refractivity contribution in [1.29, 1.82) is 0 Å². The van der Waals surface area contributed by atoms with Gasteiger partial charge in [-0.2, -0.15) is 0 Å². The molecule has 1 aromatic carbocycles. The zero-order valence-corrected chi connectivity index (χ0v) is 14.4. The van der Waals surface area contributed by atoms with Crippen LogP contribution >= 0.6 is 12.4 Å². The maximum absolute atomic E-state index is 12.0. The van der Waals surface area contributed by atoms with E-state index in [-0.39, 0.29) is 31.4 Å². The number of carbonyl (C=O) groups excluding carboxylic acids is 2. The van der Waals surface area contributed by atoms with Crippen molar-refractivity contribution in [2.45, 2.75) is 6.92 Å². The largest absolute Gasteiger partial charge is 0.497 e. The van der Waals surface area contributed by atoms with Crippen LogP contribution in [0.5, 0.6) is 5.75 Å². The van der Waals surface area contributed by atoms with E-state index in [0.29, 0.717) is 18.0 Å². The Balaban J connectivity index is 0.00000529. The molecule has 0 aromatic heterocycles. The van der Waals surface area contributed by atoms with Crippen molar-refractivity contribution in [3.8, 4) is 5.75 Å². The van der Waals surface area contributed by atoms with Gasteiger partial charge < -0.3 is 20.5 Å². The first-order valence-electron chi connectivity index (χ1n) is 7.09. The Labute approximate surface area is 146 Å². The molecule has 2 amide bonds. The van der Waals surface area contributed by atoms with Crippen LogP contribution in [-0.2, 0) is 14.4 Å². The minimum atomic E-state index is -1.11. The molecule has 0 fully saturated rings. The highest BCUT2D eigenvalue weighted by atomic mass is 35.5. The molecule has 8 nitrogen and oxygen atoms in total. The number of carboxylic acid groups (broad SMARTS) is 1. The molecule has 1 rings (SSSR count). The number of likely N-dealkylation sites (N-methyl/N-ethyl adjacent to an activating group) is 1. The van der Waals surface area contributed by atoms with E-state index in [4.69, 9.17) is 9.84 Å². The number of benzene rings is 1. The van der Waals surface area contributed by atoms with Crippen LogP contribution in [0.15, 0.2) is 24.3 Å². The summed E-state index contributed by atoms with van der Waals surface area (Å²) < 4.78 is 5.07. The monoisotopic (exact) mass is 359 g/mol. The van der Waals surface area contributed by atoms with Crippen molar-refractivity contribution in [2.24, 2.45) is 0 Å². The van der Waals surface area contributed by atoms with Gasteiger partial charge in [0.2, 0.25) is 11.8 Å². The van der Waals surface area contributed by atoms with E-state index >= 15 is 0 Å². The first-order valence-corrected chi connectivity index (χ1v) is 7.09. The quantitative estimate of drug-likeness (QED) is 0.595. The second-order valence-corrected chi connectivity index (χ2v) is 4.75. The Morgan fingerprint density at radius 1 is 1.21 bits per heavy atom. The Morgan fingerprint density at radius 3 is 2.46 bits per heavy atom. The van der Waals surface area contributed by atoms with Crippen LogP contribution in [0.2, 0.25) is 0 Å². The lowest BCUT2D eigenvalue weighted by molar-refractivity contribution is -0.138. The third-order valence-electron chi connectivity index (χ3n) is 2.97. The number of ether oxygens (including phenoxy) is 1. The summed E-state index contributed by atoms with van der Waals surface area (Å²) in [4.78, 5) is 35.6. The number of aliphatic carboxylic acids is 1. The smallest absolute Gasteiger partial charge is 0.322 e. The number of nitrogens with zero attached hydrogens (tertiary/aromatic N) is 1. The van der Waals surface area contributed by atoms with Crippen LogP contribution in [0.1, 0.15) is 6.92 Å². The lowest BCUT2D eigenvalue weighted by Gasteiger charge is -2.19. The zero-order chi connectivity index (χ0) is 17.2. The predicted molar refractivity (Wildman–Crippen MR) is 91.6 cm³/mol. The van der Waals surface area contributed by atoms with Crippen LogP contribution < -0.4 is 15.4 Å². The minimum Gasteiger partial charge on any atom is -0.497 e. The van der Waals surface area contributed by atoms with Gasteiger partial charge in [-0.3, -0.25) is 19.3 Å². The number of carboxylic acids is 1. The lowest BCUT2D eigenvalue weighted by atomic mass is 10.3. The van der Waals surface area contributed by atoms with E-state index in [0.717, 1.165) is 0 Å². The van der Waals surface area contributed by atoms with Crippen molar-refractivity contribution in [1.82, 2.24) is 10.2 Å². The Bertz CT molecular complexity index is 568. The molecule has 0 unspecified atom stereocenters. The summed E-state index contributed by atoms with van der Waals surface area (Å²) >= 11 is 0. The van der Waals surface area contributed by atoms with E-state index in [1.54, 1.807) is 29.2 Å². The molecule has 0 spiro atoms. The molecule has 0 saturated carbocycles. The first-order chi connectivity index (χ1) is 10.9.